The highest BCUT2D eigenvalue weighted by Gasteiger charge is 2.35. The third-order valence-electron chi connectivity index (χ3n) is 6.54. The van der Waals surface area contributed by atoms with Gasteiger partial charge in [-0.05, 0) is 30.2 Å². The molecule has 0 N–H and O–H groups in total. The van der Waals surface area contributed by atoms with Crippen molar-refractivity contribution in [3.63, 3.8) is 0 Å². The topological polar surface area (TPSA) is 53.1 Å². The van der Waals surface area contributed by atoms with Gasteiger partial charge in [-0.15, -0.1) is 0 Å². The van der Waals surface area contributed by atoms with Gasteiger partial charge in [0.05, 0.1) is 13.2 Å². The minimum Gasteiger partial charge on any atom is -0.379 e. The number of ether oxygens (including phenoxy) is 1. The van der Waals surface area contributed by atoms with Crippen LogP contribution in [0.25, 0.3) is 0 Å². The van der Waals surface area contributed by atoms with E-state index in [9.17, 15) is 9.59 Å². The van der Waals surface area contributed by atoms with Crippen molar-refractivity contribution in [1.82, 2.24) is 14.7 Å². The molecule has 2 heterocycles. The maximum absolute atomic E-state index is 12.9. The molecule has 3 fully saturated rings. The van der Waals surface area contributed by atoms with Gasteiger partial charge in [0.1, 0.15) is 0 Å². The molecule has 3 aliphatic rings. The second-order valence-corrected chi connectivity index (χ2v) is 8.52. The van der Waals surface area contributed by atoms with Crippen LogP contribution >= 0.6 is 0 Å². The largest absolute Gasteiger partial charge is 0.379 e. The monoisotopic (exact) mass is 399 g/mol. The minimum absolute atomic E-state index is 0.212. The maximum atomic E-state index is 12.9. The second-order valence-electron chi connectivity index (χ2n) is 8.52. The SMILES string of the molecule is O=C(CCN1CCOCC1)N1CCN(C(=O)CC(c2ccccc2)C2CC2)CC1. The lowest BCUT2D eigenvalue weighted by Gasteiger charge is -2.36. The van der Waals surface area contributed by atoms with Crippen molar-refractivity contribution in [2.45, 2.75) is 31.6 Å². The zero-order valence-corrected chi connectivity index (χ0v) is 17.3. The van der Waals surface area contributed by atoms with E-state index in [4.69, 9.17) is 4.74 Å². The molecule has 4 rings (SSSR count). The zero-order chi connectivity index (χ0) is 20.1. The molecule has 2 saturated heterocycles. The number of nitrogens with zero attached hydrogens (tertiary/aromatic N) is 3. The molecule has 6 heteroatoms. The Morgan fingerprint density at radius 2 is 1.52 bits per heavy atom. The number of piperazine rings is 1. The van der Waals surface area contributed by atoms with Crippen LogP contribution in [-0.2, 0) is 14.3 Å². The van der Waals surface area contributed by atoms with E-state index in [1.165, 1.54) is 18.4 Å². The summed E-state index contributed by atoms with van der Waals surface area (Å²) in [7, 11) is 0. The summed E-state index contributed by atoms with van der Waals surface area (Å²) in [6.45, 7) is 6.81. The van der Waals surface area contributed by atoms with Crippen molar-refractivity contribution in [2.75, 3.05) is 59.0 Å². The zero-order valence-electron chi connectivity index (χ0n) is 17.3. The van der Waals surface area contributed by atoms with Crippen molar-refractivity contribution < 1.29 is 14.3 Å². The van der Waals surface area contributed by atoms with Crippen LogP contribution in [0.3, 0.4) is 0 Å². The van der Waals surface area contributed by atoms with Crippen LogP contribution in [0.1, 0.15) is 37.2 Å². The van der Waals surface area contributed by atoms with Crippen LogP contribution in [0, 0.1) is 5.92 Å². The normalized spacial score (nSPS) is 21.8. The molecule has 6 nitrogen and oxygen atoms in total. The lowest BCUT2D eigenvalue weighted by Crippen LogP contribution is -2.51. The average Bonchev–Trinajstić information content (AvgIpc) is 3.62. The van der Waals surface area contributed by atoms with Crippen molar-refractivity contribution >= 4 is 11.8 Å². The van der Waals surface area contributed by atoms with Crippen molar-refractivity contribution in [1.29, 1.82) is 0 Å². The highest BCUT2D eigenvalue weighted by atomic mass is 16.5. The first-order valence-corrected chi connectivity index (χ1v) is 11.1. The molecule has 1 aliphatic carbocycles. The van der Waals surface area contributed by atoms with Crippen LogP contribution in [-0.4, -0.2) is 85.5 Å². The summed E-state index contributed by atoms with van der Waals surface area (Å²) in [5, 5.41) is 0. The Kier molecular flexibility index (Phi) is 6.82. The van der Waals surface area contributed by atoms with Crippen LogP contribution < -0.4 is 0 Å². The number of amides is 2. The maximum Gasteiger partial charge on any atom is 0.223 e. The number of morpholine rings is 1. The quantitative estimate of drug-likeness (QED) is 0.703. The third kappa shape index (κ3) is 5.58. The molecule has 1 atom stereocenters. The minimum atomic E-state index is 0.212. The molecule has 1 aromatic rings. The summed E-state index contributed by atoms with van der Waals surface area (Å²) in [6, 6.07) is 10.5. The Bertz CT molecular complexity index is 678. The Morgan fingerprint density at radius 3 is 2.14 bits per heavy atom. The number of hydrogen-bond acceptors (Lipinski definition) is 4. The van der Waals surface area contributed by atoms with Gasteiger partial charge in [-0.25, -0.2) is 0 Å². The van der Waals surface area contributed by atoms with E-state index >= 15 is 0 Å². The number of carbonyl (C=O) groups is 2. The van der Waals surface area contributed by atoms with Crippen LogP contribution in [0.5, 0.6) is 0 Å². The Labute approximate surface area is 173 Å². The van der Waals surface area contributed by atoms with Gasteiger partial charge in [-0.3, -0.25) is 14.5 Å². The average molecular weight is 400 g/mol. The lowest BCUT2D eigenvalue weighted by atomic mass is 9.90. The van der Waals surface area contributed by atoms with Crippen molar-refractivity contribution in [3.8, 4) is 0 Å². The number of benzene rings is 1. The summed E-state index contributed by atoms with van der Waals surface area (Å²) >= 11 is 0. The second kappa shape index (κ2) is 9.72. The van der Waals surface area contributed by atoms with E-state index in [0.29, 0.717) is 50.9 Å². The highest BCUT2D eigenvalue weighted by molar-refractivity contribution is 5.79. The Balaban J connectivity index is 1.22. The predicted molar refractivity (Wildman–Crippen MR) is 112 cm³/mol. The first-order chi connectivity index (χ1) is 14.2. The Morgan fingerprint density at radius 1 is 0.897 bits per heavy atom. The predicted octanol–water partition coefficient (Wildman–Crippen LogP) is 1.96. The van der Waals surface area contributed by atoms with Gasteiger partial charge in [0.15, 0.2) is 0 Å². The molecule has 29 heavy (non-hydrogen) atoms. The molecule has 1 saturated carbocycles. The summed E-state index contributed by atoms with van der Waals surface area (Å²) in [5.74, 6) is 1.45. The van der Waals surface area contributed by atoms with Crippen LogP contribution in [0.4, 0.5) is 0 Å². The van der Waals surface area contributed by atoms with Gasteiger partial charge >= 0.3 is 0 Å². The molecule has 1 aromatic carbocycles. The van der Waals surface area contributed by atoms with E-state index in [1.54, 1.807) is 0 Å². The number of hydrogen-bond donors (Lipinski definition) is 0. The van der Waals surface area contributed by atoms with E-state index in [2.05, 4.69) is 29.2 Å². The smallest absolute Gasteiger partial charge is 0.223 e. The summed E-state index contributed by atoms with van der Waals surface area (Å²) in [5.41, 5.74) is 1.29. The standard InChI is InChI=1S/C23H33N3O3/c27-22(8-9-24-14-16-29-17-15-24)25-10-12-26(13-11-25)23(28)18-21(20-6-7-20)19-4-2-1-3-5-19/h1-5,20-21H,6-18H2. The number of carbonyl (C=O) groups excluding carboxylic acids is 2. The molecule has 2 amide bonds. The molecule has 0 radical (unpaired) electrons. The molecule has 0 bridgehead atoms. The fourth-order valence-electron chi connectivity index (χ4n) is 4.51. The van der Waals surface area contributed by atoms with E-state index in [-0.39, 0.29) is 11.8 Å². The van der Waals surface area contributed by atoms with Gasteiger partial charge in [-0.2, -0.15) is 0 Å². The van der Waals surface area contributed by atoms with Gasteiger partial charge in [0.2, 0.25) is 11.8 Å². The first kappa shape index (κ1) is 20.4. The van der Waals surface area contributed by atoms with Crippen molar-refractivity contribution in [2.24, 2.45) is 5.92 Å². The first-order valence-electron chi connectivity index (χ1n) is 11.1. The summed E-state index contributed by atoms with van der Waals surface area (Å²) in [6.07, 6.45) is 3.63. The summed E-state index contributed by atoms with van der Waals surface area (Å²) in [4.78, 5) is 31.7. The molecular formula is C23H33N3O3. The molecule has 2 aliphatic heterocycles. The van der Waals surface area contributed by atoms with Gasteiger partial charge in [-0.1, -0.05) is 30.3 Å². The molecule has 0 aromatic heterocycles. The molecule has 158 valence electrons. The number of rotatable bonds is 7. The van der Waals surface area contributed by atoms with Crippen LogP contribution in [0.2, 0.25) is 0 Å². The fraction of sp³-hybridized carbons (Fsp3) is 0.652. The van der Waals surface area contributed by atoms with Crippen LogP contribution in [0.15, 0.2) is 30.3 Å². The van der Waals surface area contributed by atoms with Gasteiger partial charge in [0, 0.05) is 58.7 Å². The van der Waals surface area contributed by atoms with Gasteiger partial charge in [0.25, 0.3) is 0 Å². The highest BCUT2D eigenvalue weighted by Crippen LogP contribution is 2.44. The molecular weight excluding hydrogens is 366 g/mol. The van der Waals surface area contributed by atoms with Crippen molar-refractivity contribution in [3.05, 3.63) is 35.9 Å². The Hall–Kier alpha value is -1.92. The molecule has 1 unspecified atom stereocenters. The third-order valence-corrected chi connectivity index (χ3v) is 6.54. The van der Waals surface area contributed by atoms with E-state index < -0.39 is 0 Å². The summed E-state index contributed by atoms with van der Waals surface area (Å²) < 4.78 is 5.36. The fourth-order valence-corrected chi connectivity index (χ4v) is 4.51. The molecule has 0 spiro atoms. The van der Waals surface area contributed by atoms with Gasteiger partial charge < -0.3 is 14.5 Å². The van der Waals surface area contributed by atoms with E-state index in [0.717, 1.165) is 32.8 Å². The lowest BCUT2D eigenvalue weighted by molar-refractivity contribution is -0.140. The van der Waals surface area contributed by atoms with E-state index in [1.807, 2.05) is 15.9 Å².